The van der Waals surface area contributed by atoms with E-state index >= 15 is 0 Å². The van der Waals surface area contributed by atoms with E-state index < -0.39 is 0 Å². The molecule has 2 aromatic heterocycles. The zero-order valence-corrected chi connectivity index (χ0v) is 12.4. The molecule has 0 spiro atoms. The van der Waals surface area contributed by atoms with E-state index in [-0.39, 0.29) is 6.04 Å². The molecule has 3 aromatic rings. The molecule has 0 fully saturated rings. The Kier molecular flexibility index (Phi) is 3.62. The summed E-state index contributed by atoms with van der Waals surface area (Å²) in [6.45, 7) is 2.07. The van der Waals surface area contributed by atoms with Crippen LogP contribution in [0.3, 0.4) is 0 Å². The van der Waals surface area contributed by atoms with Gasteiger partial charge in [0, 0.05) is 18.1 Å². The molecule has 0 radical (unpaired) electrons. The number of nitrogens with one attached hydrogen (secondary N) is 3. The maximum absolute atomic E-state index is 5.92. The molecule has 21 heavy (non-hydrogen) atoms. The van der Waals surface area contributed by atoms with Crippen molar-refractivity contribution in [3.05, 3.63) is 41.0 Å². The molecular weight excluding hydrogens is 288 g/mol. The second-order valence-corrected chi connectivity index (χ2v) is 5.13. The second-order valence-electron chi connectivity index (χ2n) is 4.70. The Balaban J connectivity index is 1.93. The van der Waals surface area contributed by atoms with Gasteiger partial charge in [0.05, 0.1) is 11.6 Å². The molecule has 1 unspecified atom stereocenters. The Morgan fingerprint density at radius 1 is 1.19 bits per heavy atom. The van der Waals surface area contributed by atoms with Gasteiger partial charge in [-0.2, -0.15) is 15.1 Å². The van der Waals surface area contributed by atoms with Gasteiger partial charge < -0.3 is 10.6 Å². The first-order valence-electron chi connectivity index (χ1n) is 6.58. The molecule has 3 N–H and O–H groups in total. The lowest BCUT2D eigenvalue weighted by molar-refractivity contribution is 0.876. The monoisotopic (exact) mass is 302 g/mol. The van der Waals surface area contributed by atoms with Crippen LogP contribution in [0.4, 0.5) is 11.8 Å². The smallest absolute Gasteiger partial charge is 0.226 e. The zero-order chi connectivity index (χ0) is 14.8. The first-order chi connectivity index (χ1) is 10.2. The van der Waals surface area contributed by atoms with Gasteiger partial charge in [0.2, 0.25) is 5.95 Å². The Bertz CT molecular complexity index is 752. The molecule has 0 amide bonds. The minimum absolute atomic E-state index is 0.0833. The van der Waals surface area contributed by atoms with Crippen molar-refractivity contribution >= 4 is 34.4 Å². The van der Waals surface area contributed by atoms with E-state index in [9.17, 15) is 0 Å². The predicted molar refractivity (Wildman–Crippen MR) is 84.7 cm³/mol. The van der Waals surface area contributed by atoms with E-state index in [2.05, 4.69) is 37.7 Å². The minimum Gasteiger partial charge on any atom is -0.363 e. The quantitative estimate of drug-likeness (QED) is 0.689. The molecule has 0 aliphatic rings. The van der Waals surface area contributed by atoms with Crippen LogP contribution in [0.5, 0.6) is 0 Å². The number of anilines is 2. The molecule has 0 saturated heterocycles. The van der Waals surface area contributed by atoms with Crippen molar-refractivity contribution in [3.63, 3.8) is 0 Å². The molecular formula is C14H15ClN6. The van der Waals surface area contributed by atoms with Crippen molar-refractivity contribution in [2.45, 2.75) is 13.0 Å². The number of hydrogen-bond donors (Lipinski definition) is 3. The number of benzene rings is 1. The number of aromatic nitrogens is 4. The van der Waals surface area contributed by atoms with E-state index in [4.69, 9.17) is 11.6 Å². The molecule has 3 rings (SSSR count). The summed E-state index contributed by atoms with van der Waals surface area (Å²) in [6, 6.07) is 7.82. The third kappa shape index (κ3) is 2.75. The second kappa shape index (κ2) is 5.57. The number of aromatic amines is 1. The summed E-state index contributed by atoms with van der Waals surface area (Å²) >= 11 is 5.92. The summed E-state index contributed by atoms with van der Waals surface area (Å²) in [6.07, 6.45) is 1.71. The Labute approximate surface area is 127 Å². The van der Waals surface area contributed by atoms with Gasteiger partial charge in [-0.1, -0.05) is 23.7 Å². The lowest BCUT2D eigenvalue weighted by Crippen LogP contribution is -2.09. The van der Waals surface area contributed by atoms with Gasteiger partial charge in [-0.15, -0.1) is 0 Å². The van der Waals surface area contributed by atoms with Crippen molar-refractivity contribution in [3.8, 4) is 0 Å². The molecule has 0 bridgehead atoms. The van der Waals surface area contributed by atoms with E-state index in [1.54, 1.807) is 13.2 Å². The summed E-state index contributed by atoms with van der Waals surface area (Å²) in [5.74, 6) is 1.28. The van der Waals surface area contributed by atoms with Gasteiger partial charge in [-0.05, 0) is 24.6 Å². The average molecular weight is 303 g/mol. The van der Waals surface area contributed by atoms with Gasteiger partial charge in [-0.3, -0.25) is 5.10 Å². The Morgan fingerprint density at radius 3 is 2.67 bits per heavy atom. The van der Waals surface area contributed by atoms with Crippen LogP contribution in [0.2, 0.25) is 5.02 Å². The Morgan fingerprint density at radius 2 is 1.95 bits per heavy atom. The van der Waals surface area contributed by atoms with Gasteiger partial charge in [-0.25, -0.2) is 0 Å². The van der Waals surface area contributed by atoms with E-state index in [0.717, 1.165) is 21.8 Å². The van der Waals surface area contributed by atoms with E-state index in [1.807, 2.05) is 24.3 Å². The topological polar surface area (TPSA) is 78.5 Å². The van der Waals surface area contributed by atoms with Crippen LogP contribution in [-0.4, -0.2) is 27.2 Å². The number of rotatable bonds is 4. The maximum atomic E-state index is 5.92. The van der Waals surface area contributed by atoms with Crippen LogP contribution < -0.4 is 10.6 Å². The molecule has 0 aliphatic heterocycles. The summed E-state index contributed by atoms with van der Waals surface area (Å²) in [5.41, 5.74) is 1.82. The minimum atomic E-state index is 0.0833. The lowest BCUT2D eigenvalue weighted by Gasteiger charge is -2.16. The highest BCUT2D eigenvalue weighted by atomic mass is 35.5. The normalized spacial score (nSPS) is 12.3. The summed E-state index contributed by atoms with van der Waals surface area (Å²) in [7, 11) is 1.78. The summed E-state index contributed by atoms with van der Waals surface area (Å²) in [5, 5.41) is 14.8. The summed E-state index contributed by atoms with van der Waals surface area (Å²) in [4.78, 5) is 8.76. The fourth-order valence-electron chi connectivity index (χ4n) is 2.10. The number of nitrogens with zero attached hydrogens (tertiary/aromatic N) is 3. The lowest BCUT2D eigenvalue weighted by atomic mass is 10.1. The van der Waals surface area contributed by atoms with E-state index in [0.29, 0.717) is 11.6 Å². The van der Waals surface area contributed by atoms with Crippen LogP contribution in [-0.2, 0) is 0 Å². The SMILES string of the molecule is CNc1nc(NC(C)c2ccc(Cl)cc2)c2cn[nH]c2n1. The standard InChI is InChI=1S/C14H15ClN6/c1-8(9-3-5-10(15)6-4-9)18-12-11-7-17-21-13(11)20-14(16-2)19-12/h3-8H,1-2H3,(H3,16,17,18,19,20,21). The fraction of sp³-hybridized carbons (Fsp3) is 0.214. The third-order valence-electron chi connectivity index (χ3n) is 3.26. The number of fused-ring (bicyclic) bond motifs is 1. The molecule has 2 heterocycles. The largest absolute Gasteiger partial charge is 0.363 e. The molecule has 1 atom stereocenters. The maximum Gasteiger partial charge on any atom is 0.226 e. The van der Waals surface area contributed by atoms with Crippen molar-refractivity contribution < 1.29 is 0 Å². The first kappa shape index (κ1) is 13.6. The molecule has 0 saturated carbocycles. The zero-order valence-electron chi connectivity index (χ0n) is 11.7. The van der Waals surface area contributed by atoms with Crippen LogP contribution in [0.15, 0.2) is 30.5 Å². The van der Waals surface area contributed by atoms with Gasteiger partial charge in [0.15, 0.2) is 5.65 Å². The van der Waals surface area contributed by atoms with Crippen LogP contribution in [0, 0.1) is 0 Å². The van der Waals surface area contributed by atoms with Gasteiger partial charge in [0.25, 0.3) is 0 Å². The van der Waals surface area contributed by atoms with Crippen molar-refractivity contribution in [1.82, 2.24) is 20.2 Å². The van der Waals surface area contributed by atoms with Crippen molar-refractivity contribution in [1.29, 1.82) is 0 Å². The highest BCUT2D eigenvalue weighted by Crippen LogP contribution is 2.25. The molecule has 1 aromatic carbocycles. The Hall–Kier alpha value is -2.34. The predicted octanol–water partition coefficient (Wildman–Crippen LogP) is 3.22. The first-order valence-corrected chi connectivity index (χ1v) is 6.96. The molecule has 6 nitrogen and oxygen atoms in total. The van der Waals surface area contributed by atoms with Crippen molar-refractivity contribution in [2.24, 2.45) is 0 Å². The number of H-pyrrole nitrogens is 1. The average Bonchev–Trinajstić information content (AvgIpc) is 2.96. The fourth-order valence-corrected chi connectivity index (χ4v) is 2.22. The van der Waals surface area contributed by atoms with E-state index in [1.165, 1.54) is 0 Å². The molecule has 108 valence electrons. The number of halogens is 1. The summed E-state index contributed by atoms with van der Waals surface area (Å²) < 4.78 is 0. The molecule has 7 heteroatoms. The highest BCUT2D eigenvalue weighted by molar-refractivity contribution is 6.30. The number of hydrogen-bond acceptors (Lipinski definition) is 5. The third-order valence-corrected chi connectivity index (χ3v) is 3.51. The van der Waals surface area contributed by atoms with Crippen LogP contribution in [0.25, 0.3) is 11.0 Å². The van der Waals surface area contributed by atoms with Crippen LogP contribution >= 0.6 is 11.6 Å². The van der Waals surface area contributed by atoms with Gasteiger partial charge >= 0.3 is 0 Å². The van der Waals surface area contributed by atoms with Gasteiger partial charge in [0.1, 0.15) is 5.82 Å². The highest BCUT2D eigenvalue weighted by Gasteiger charge is 2.12. The van der Waals surface area contributed by atoms with Crippen molar-refractivity contribution in [2.75, 3.05) is 17.7 Å². The van der Waals surface area contributed by atoms with Crippen LogP contribution in [0.1, 0.15) is 18.5 Å². The molecule has 0 aliphatic carbocycles.